The first kappa shape index (κ1) is 12.7. The predicted molar refractivity (Wildman–Crippen MR) is 71.2 cm³/mol. The summed E-state index contributed by atoms with van der Waals surface area (Å²) in [6.07, 6.45) is 0.279. The molecular weight excluding hydrogens is 262 g/mol. The second kappa shape index (κ2) is 4.68. The van der Waals surface area contributed by atoms with Crippen molar-refractivity contribution in [1.29, 1.82) is 0 Å². The van der Waals surface area contributed by atoms with Crippen molar-refractivity contribution in [2.45, 2.75) is 12.5 Å². The van der Waals surface area contributed by atoms with Crippen LogP contribution in [-0.2, 0) is 11.2 Å². The maximum Gasteiger partial charge on any atom is 0.228 e. The summed E-state index contributed by atoms with van der Waals surface area (Å²) in [5.74, 6) is -1.94. The molecule has 1 aliphatic rings. The SMILES string of the molecule is NC(c1ccc2c(c1)CC(=O)N2)c1cccc(F)c1F. The first-order chi connectivity index (χ1) is 9.56. The highest BCUT2D eigenvalue weighted by Crippen LogP contribution is 2.29. The maximum absolute atomic E-state index is 13.8. The van der Waals surface area contributed by atoms with Gasteiger partial charge in [0.15, 0.2) is 11.6 Å². The molecule has 0 fully saturated rings. The molecule has 20 heavy (non-hydrogen) atoms. The lowest BCUT2D eigenvalue weighted by atomic mass is 9.96. The van der Waals surface area contributed by atoms with E-state index in [1.165, 1.54) is 12.1 Å². The van der Waals surface area contributed by atoms with E-state index in [1.807, 2.05) is 0 Å². The third kappa shape index (κ3) is 2.06. The van der Waals surface area contributed by atoms with Gasteiger partial charge in [-0.05, 0) is 23.3 Å². The number of nitrogens with one attached hydrogen (secondary N) is 1. The molecular formula is C15H12F2N2O. The lowest BCUT2D eigenvalue weighted by molar-refractivity contribution is -0.115. The van der Waals surface area contributed by atoms with E-state index in [1.54, 1.807) is 18.2 Å². The molecule has 5 heteroatoms. The van der Waals surface area contributed by atoms with Crippen molar-refractivity contribution in [1.82, 2.24) is 0 Å². The highest BCUT2D eigenvalue weighted by atomic mass is 19.2. The molecule has 2 aromatic carbocycles. The Morgan fingerprint density at radius 1 is 1.20 bits per heavy atom. The summed E-state index contributed by atoms with van der Waals surface area (Å²) >= 11 is 0. The quantitative estimate of drug-likeness (QED) is 0.884. The van der Waals surface area contributed by atoms with Gasteiger partial charge in [-0.1, -0.05) is 24.3 Å². The lowest BCUT2D eigenvalue weighted by Gasteiger charge is -2.14. The summed E-state index contributed by atoms with van der Waals surface area (Å²) in [5, 5.41) is 2.71. The molecule has 0 radical (unpaired) electrons. The summed E-state index contributed by atoms with van der Waals surface area (Å²) in [7, 11) is 0. The minimum atomic E-state index is -0.935. The molecule has 3 nitrogen and oxygen atoms in total. The zero-order chi connectivity index (χ0) is 14.3. The number of carbonyl (C=O) groups is 1. The molecule has 102 valence electrons. The maximum atomic E-state index is 13.8. The predicted octanol–water partition coefficient (Wildman–Crippen LogP) is 2.51. The van der Waals surface area contributed by atoms with Crippen molar-refractivity contribution in [2.24, 2.45) is 5.73 Å². The zero-order valence-electron chi connectivity index (χ0n) is 10.5. The molecule has 1 amide bonds. The Labute approximate surface area is 114 Å². The third-order valence-electron chi connectivity index (χ3n) is 3.43. The van der Waals surface area contributed by atoms with Gasteiger partial charge in [-0.15, -0.1) is 0 Å². The van der Waals surface area contributed by atoms with Crippen LogP contribution in [0, 0.1) is 11.6 Å². The van der Waals surface area contributed by atoms with Gasteiger partial charge in [0, 0.05) is 11.3 Å². The summed E-state index contributed by atoms with van der Waals surface area (Å²) in [6, 6.07) is 8.35. The molecule has 0 saturated carbocycles. The van der Waals surface area contributed by atoms with Gasteiger partial charge in [0.1, 0.15) is 0 Å². The van der Waals surface area contributed by atoms with Crippen LogP contribution in [0.1, 0.15) is 22.7 Å². The normalized spacial score (nSPS) is 14.8. The van der Waals surface area contributed by atoms with Gasteiger partial charge in [-0.3, -0.25) is 4.79 Å². The first-order valence-corrected chi connectivity index (χ1v) is 6.18. The van der Waals surface area contributed by atoms with Crippen LogP contribution in [0.25, 0.3) is 0 Å². The van der Waals surface area contributed by atoms with Crippen LogP contribution in [0.15, 0.2) is 36.4 Å². The topological polar surface area (TPSA) is 55.1 Å². The molecule has 0 aromatic heterocycles. The highest BCUT2D eigenvalue weighted by molar-refractivity contribution is 5.99. The van der Waals surface area contributed by atoms with Gasteiger partial charge in [-0.2, -0.15) is 0 Å². The molecule has 1 atom stereocenters. The molecule has 1 aliphatic heterocycles. The molecule has 0 bridgehead atoms. The minimum Gasteiger partial charge on any atom is -0.326 e. The number of carbonyl (C=O) groups excluding carboxylic acids is 1. The molecule has 1 heterocycles. The van der Waals surface area contributed by atoms with Gasteiger partial charge >= 0.3 is 0 Å². The molecule has 1 unspecified atom stereocenters. The smallest absolute Gasteiger partial charge is 0.228 e. The highest BCUT2D eigenvalue weighted by Gasteiger charge is 2.21. The van der Waals surface area contributed by atoms with E-state index in [0.29, 0.717) is 5.56 Å². The van der Waals surface area contributed by atoms with Gasteiger partial charge in [0.05, 0.1) is 12.5 Å². The van der Waals surface area contributed by atoms with E-state index in [0.717, 1.165) is 17.3 Å². The van der Waals surface area contributed by atoms with Crippen LogP contribution < -0.4 is 11.1 Å². The minimum absolute atomic E-state index is 0.0809. The van der Waals surface area contributed by atoms with Crippen molar-refractivity contribution in [3.8, 4) is 0 Å². The van der Waals surface area contributed by atoms with Crippen molar-refractivity contribution in [2.75, 3.05) is 5.32 Å². The molecule has 0 saturated heterocycles. The number of benzene rings is 2. The van der Waals surface area contributed by atoms with Crippen LogP contribution in [-0.4, -0.2) is 5.91 Å². The molecule has 0 spiro atoms. The number of fused-ring (bicyclic) bond motifs is 1. The van der Waals surface area contributed by atoms with E-state index in [9.17, 15) is 13.6 Å². The number of hydrogen-bond donors (Lipinski definition) is 2. The van der Waals surface area contributed by atoms with E-state index in [-0.39, 0.29) is 17.9 Å². The molecule has 3 rings (SSSR count). The van der Waals surface area contributed by atoms with E-state index >= 15 is 0 Å². The third-order valence-corrected chi connectivity index (χ3v) is 3.43. The number of halogens is 2. The number of nitrogens with two attached hydrogens (primary N) is 1. The van der Waals surface area contributed by atoms with Gasteiger partial charge < -0.3 is 11.1 Å². The Morgan fingerprint density at radius 2 is 2.00 bits per heavy atom. The number of amides is 1. The van der Waals surface area contributed by atoms with Crippen LogP contribution in [0.4, 0.5) is 14.5 Å². The van der Waals surface area contributed by atoms with Gasteiger partial charge in [0.25, 0.3) is 0 Å². The molecule has 2 aromatic rings. The van der Waals surface area contributed by atoms with Gasteiger partial charge in [0.2, 0.25) is 5.91 Å². The number of rotatable bonds is 2. The Bertz CT molecular complexity index is 700. The summed E-state index contributed by atoms with van der Waals surface area (Å²) in [6.45, 7) is 0. The largest absolute Gasteiger partial charge is 0.326 e. The Hall–Kier alpha value is -2.27. The Balaban J connectivity index is 1.99. The van der Waals surface area contributed by atoms with Gasteiger partial charge in [-0.25, -0.2) is 8.78 Å². The fourth-order valence-corrected chi connectivity index (χ4v) is 2.38. The standard InChI is InChI=1S/C15H12F2N2O/c16-11-3-1-2-10(14(11)17)15(18)8-4-5-12-9(6-8)7-13(20)19-12/h1-6,15H,7,18H2,(H,19,20). The Morgan fingerprint density at radius 3 is 2.80 bits per heavy atom. The molecule has 0 aliphatic carbocycles. The van der Waals surface area contributed by atoms with Crippen LogP contribution >= 0.6 is 0 Å². The summed E-state index contributed by atoms with van der Waals surface area (Å²) < 4.78 is 27.0. The lowest BCUT2D eigenvalue weighted by Crippen LogP contribution is -2.14. The van der Waals surface area contributed by atoms with Crippen molar-refractivity contribution in [3.63, 3.8) is 0 Å². The Kier molecular flexibility index (Phi) is 2.99. The van der Waals surface area contributed by atoms with E-state index in [2.05, 4.69) is 5.32 Å². The second-order valence-electron chi connectivity index (χ2n) is 4.76. The second-order valence-corrected chi connectivity index (χ2v) is 4.76. The van der Waals surface area contributed by atoms with Crippen molar-refractivity contribution in [3.05, 3.63) is 64.7 Å². The van der Waals surface area contributed by atoms with Crippen molar-refractivity contribution >= 4 is 11.6 Å². The zero-order valence-corrected chi connectivity index (χ0v) is 10.5. The molecule has 3 N–H and O–H groups in total. The summed E-state index contributed by atoms with van der Waals surface area (Å²) in [5.41, 5.74) is 8.31. The fraction of sp³-hybridized carbons (Fsp3) is 0.133. The fourth-order valence-electron chi connectivity index (χ4n) is 2.38. The van der Waals surface area contributed by atoms with E-state index < -0.39 is 17.7 Å². The number of anilines is 1. The van der Waals surface area contributed by atoms with E-state index in [4.69, 9.17) is 5.73 Å². The van der Waals surface area contributed by atoms with Crippen LogP contribution in [0.2, 0.25) is 0 Å². The average Bonchev–Trinajstić information content (AvgIpc) is 2.80. The average molecular weight is 274 g/mol. The number of hydrogen-bond acceptors (Lipinski definition) is 2. The summed E-state index contributed by atoms with van der Waals surface area (Å²) in [4.78, 5) is 11.3. The monoisotopic (exact) mass is 274 g/mol. The van der Waals surface area contributed by atoms with Crippen molar-refractivity contribution < 1.29 is 13.6 Å². The van der Waals surface area contributed by atoms with Crippen LogP contribution in [0.3, 0.4) is 0 Å². The van der Waals surface area contributed by atoms with Crippen LogP contribution in [0.5, 0.6) is 0 Å². The first-order valence-electron chi connectivity index (χ1n) is 6.18.